The zero-order valence-corrected chi connectivity index (χ0v) is 25.1. The predicted octanol–water partition coefficient (Wildman–Crippen LogP) is 4.10. The predicted molar refractivity (Wildman–Crippen MR) is 161 cm³/mol. The third-order valence-electron chi connectivity index (χ3n) is 8.39. The van der Waals surface area contributed by atoms with Crippen molar-refractivity contribution in [1.29, 1.82) is 0 Å². The number of hydrogen-bond donors (Lipinski definition) is 3. The summed E-state index contributed by atoms with van der Waals surface area (Å²) in [4.78, 5) is 57.2. The molecule has 13 heteroatoms. The van der Waals surface area contributed by atoms with E-state index in [-0.39, 0.29) is 19.4 Å². The lowest BCUT2D eigenvalue weighted by molar-refractivity contribution is -0.175. The lowest BCUT2D eigenvalue weighted by Crippen LogP contribution is -2.58. The van der Waals surface area contributed by atoms with Gasteiger partial charge in [-0.05, 0) is 24.5 Å². The number of halogens is 3. The molecule has 5 atom stereocenters. The van der Waals surface area contributed by atoms with E-state index in [9.17, 15) is 37.5 Å². The van der Waals surface area contributed by atoms with Gasteiger partial charge < -0.3 is 25.4 Å². The number of carboxylic acids is 1. The fraction of sp³-hybridized carbons (Fsp3) is 0.364. The lowest BCUT2D eigenvalue weighted by Gasteiger charge is -2.31. The van der Waals surface area contributed by atoms with Gasteiger partial charge >= 0.3 is 18.1 Å². The zero-order chi connectivity index (χ0) is 33.4. The van der Waals surface area contributed by atoms with Crippen molar-refractivity contribution in [3.8, 4) is 17.0 Å². The summed E-state index contributed by atoms with van der Waals surface area (Å²) >= 11 is 0. The summed E-state index contributed by atoms with van der Waals surface area (Å²) in [7, 11) is 0. The van der Waals surface area contributed by atoms with Crippen molar-refractivity contribution in [3.05, 3.63) is 73.3 Å². The second-order valence-corrected chi connectivity index (χ2v) is 11.9. The molecule has 0 bridgehead atoms. The van der Waals surface area contributed by atoms with E-state index in [1.807, 2.05) is 42.5 Å². The van der Waals surface area contributed by atoms with Gasteiger partial charge in [-0.15, -0.1) is 6.58 Å². The molecule has 0 spiro atoms. The van der Waals surface area contributed by atoms with Gasteiger partial charge in [0.25, 0.3) is 0 Å². The van der Waals surface area contributed by atoms with E-state index >= 15 is 0 Å². The number of alkyl halides is 3. The number of hydrogen-bond acceptors (Lipinski definition) is 6. The van der Waals surface area contributed by atoms with Crippen LogP contribution in [0.2, 0.25) is 0 Å². The first kappa shape index (κ1) is 32.5. The minimum absolute atomic E-state index is 0.0959. The highest BCUT2D eigenvalue weighted by atomic mass is 19.4. The summed E-state index contributed by atoms with van der Waals surface area (Å²) in [6, 6.07) is 15.4. The molecule has 2 fully saturated rings. The molecular weight excluding hydrogens is 605 g/mol. The molecule has 5 rings (SSSR count). The topological polar surface area (TPSA) is 138 Å². The third-order valence-corrected chi connectivity index (χ3v) is 8.39. The Morgan fingerprint density at radius 1 is 1.11 bits per heavy atom. The lowest BCUT2D eigenvalue weighted by atomic mass is 10.0. The van der Waals surface area contributed by atoms with Gasteiger partial charge in [0.05, 0.1) is 17.8 Å². The highest BCUT2D eigenvalue weighted by Crippen LogP contribution is 2.45. The van der Waals surface area contributed by atoms with Crippen LogP contribution in [-0.4, -0.2) is 75.1 Å². The first-order valence-corrected chi connectivity index (χ1v) is 14.7. The van der Waals surface area contributed by atoms with Crippen LogP contribution in [0.3, 0.4) is 0 Å². The Bertz CT molecular complexity index is 1680. The van der Waals surface area contributed by atoms with Crippen molar-refractivity contribution in [1.82, 2.24) is 20.5 Å². The molecule has 1 aliphatic heterocycles. The highest BCUT2D eigenvalue weighted by molar-refractivity contribution is 5.97. The van der Waals surface area contributed by atoms with E-state index < -0.39 is 65.4 Å². The summed E-state index contributed by atoms with van der Waals surface area (Å²) < 4.78 is 45.9. The molecule has 3 aromatic rings. The Morgan fingerprint density at radius 2 is 1.78 bits per heavy atom. The number of nitrogens with one attached hydrogen (secondary N) is 2. The zero-order valence-electron chi connectivity index (χ0n) is 25.1. The molecule has 10 nitrogen and oxygen atoms in total. The average molecular weight is 639 g/mol. The van der Waals surface area contributed by atoms with Gasteiger partial charge in [0, 0.05) is 29.4 Å². The molecule has 1 saturated heterocycles. The number of rotatable bonds is 10. The molecule has 2 aromatic carbocycles. The van der Waals surface area contributed by atoms with E-state index in [2.05, 4.69) is 11.9 Å². The fourth-order valence-electron chi connectivity index (χ4n) is 5.79. The second kappa shape index (κ2) is 12.5. The Kier molecular flexibility index (Phi) is 8.78. The number of likely N-dealkylation sites (tertiary alicyclic amines) is 1. The largest absolute Gasteiger partial charge is 0.488 e. The van der Waals surface area contributed by atoms with Crippen LogP contribution in [-0.2, 0) is 19.2 Å². The number of para-hydroxylation sites is 1. The minimum Gasteiger partial charge on any atom is -0.488 e. The maximum Gasteiger partial charge on any atom is 0.471 e. The van der Waals surface area contributed by atoms with E-state index in [0.29, 0.717) is 22.3 Å². The molecule has 0 radical (unpaired) electrons. The number of aliphatic carboxylic acids is 1. The summed E-state index contributed by atoms with van der Waals surface area (Å²) in [5.41, 5.74) is 0.442. The Labute approximate surface area is 262 Å². The number of carbonyl (C=O) groups is 4. The minimum atomic E-state index is -5.24. The van der Waals surface area contributed by atoms with Crippen molar-refractivity contribution in [2.45, 2.75) is 56.6 Å². The number of benzene rings is 2. The van der Waals surface area contributed by atoms with Crippen molar-refractivity contribution in [2.24, 2.45) is 11.8 Å². The van der Waals surface area contributed by atoms with E-state index in [0.717, 1.165) is 10.5 Å². The van der Waals surface area contributed by atoms with Gasteiger partial charge in [-0.2, -0.15) is 13.2 Å². The standard InChI is InChI=1S/C33H33F3N4O6/c1-4-20-16-32(20,31(44)45)39-28(41)25-14-21(17-40(25)29(42)27(18(2)3)38-30(43)33(34,35)36)46-26-15-24(19-10-6-5-7-11-19)37-23-13-9-8-12-22(23)26/h4-13,15,18,20-21,25,27H,1,14,16-17H2,2-3H3,(H,38,43)(H,39,41)(H,44,45)/t20-,21+,25-,27-,32?/m0/s1. The number of carboxylic acid groups (broad SMARTS) is 1. The smallest absolute Gasteiger partial charge is 0.471 e. The summed E-state index contributed by atoms with van der Waals surface area (Å²) in [6.07, 6.45) is -4.64. The van der Waals surface area contributed by atoms with Crippen LogP contribution < -0.4 is 15.4 Å². The maximum atomic E-state index is 13.8. The number of carbonyl (C=O) groups excluding carboxylic acids is 3. The maximum absolute atomic E-state index is 13.8. The van der Waals surface area contributed by atoms with E-state index in [1.165, 1.54) is 19.9 Å². The average Bonchev–Trinajstić information content (AvgIpc) is 3.58. The number of nitrogens with zero attached hydrogens (tertiary/aromatic N) is 2. The van der Waals surface area contributed by atoms with Crippen LogP contribution >= 0.6 is 0 Å². The van der Waals surface area contributed by atoms with Crippen LogP contribution in [0.4, 0.5) is 13.2 Å². The van der Waals surface area contributed by atoms with Gasteiger partial charge in [-0.25, -0.2) is 9.78 Å². The van der Waals surface area contributed by atoms with Crippen molar-refractivity contribution < 1.29 is 42.2 Å². The quantitative estimate of drug-likeness (QED) is 0.285. The van der Waals surface area contributed by atoms with Gasteiger partial charge in [-0.3, -0.25) is 14.4 Å². The molecule has 2 heterocycles. The van der Waals surface area contributed by atoms with Crippen LogP contribution in [0, 0.1) is 11.8 Å². The van der Waals surface area contributed by atoms with Gasteiger partial charge in [0.2, 0.25) is 11.8 Å². The van der Waals surface area contributed by atoms with Crippen molar-refractivity contribution in [3.63, 3.8) is 0 Å². The first-order chi connectivity index (χ1) is 21.7. The van der Waals surface area contributed by atoms with Crippen LogP contribution in [0.1, 0.15) is 26.7 Å². The number of aromatic nitrogens is 1. The number of fused-ring (bicyclic) bond motifs is 1. The number of pyridine rings is 1. The van der Waals surface area contributed by atoms with Gasteiger partial charge in [0.1, 0.15) is 29.5 Å². The van der Waals surface area contributed by atoms with Crippen LogP contribution in [0.5, 0.6) is 5.75 Å². The number of ether oxygens (including phenoxy) is 1. The molecular formula is C33H33F3N4O6. The van der Waals surface area contributed by atoms with E-state index in [4.69, 9.17) is 9.72 Å². The SMILES string of the molecule is C=C[C@H]1CC1(NC(=O)[C@@H]1C[C@@H](Oc2cc(-c3ccccc3)nc3ccccc23)CN1C(=O)[C@@H](NC(=O)C(F)(F)F)C(C)C)C(=O)O. The Morgan fingerprint density at radius 3 is 2.39 bits per heavy atom. The Balaban J connectivity index is 1.48. The van der Waals surface area contributed by atoms with Crippen LogP contribution in [0.15, 0.2) is 73.3 Å². The molecule has 242 valence electrons. The fourth-order valence-corrected chi connectivity index (χ4v) is 5.79. The summed E-state index contributed by atoms with van der Waals surface area (Å²) in [5.74, 6) is -6.21. The molecule has 46 heavy (non-hydrogen) atoms. The monoisotopic (exact) mass is 638 g/mol. The molecule has 3 amide bonds. The normalized spacial score (nSPS) is 23.1. The number of amides is 3. The summed E-state index contributed by atoms with van der Waals surface area (Å²) in [6.45, 7) is 6.32. The molecule has 1 saturated carbocycles. The van der Waals surface area contributed by atoms with Gasteiger partial charge in [0.15, 0.2) is 0 Å². The first-order valence-electron chi connectivity index (χ1n) is 14.7. The molecule has 3 N–H and O–H groups in total. The molecule has 1 aliphatic carbocycles. The third kappa shape index (κ3) is 6.40. The molecule has 2 aliphatic rings. The summed E-state index contributed by atoms with van der Waals surface area (Å²) in [5, 5.41) is 14.8. The Hall–Kier alpha value is -4.94. The van der Waals surface area contributed by atoms with Crippen molar-refractivity contribution >= 4 is 34.6 Å². The molecule has 1 aromatic heterocycles. The van der Waals surface area contributed by atoms with E-state index in [1.54, 1.807) is 23.5 Å². The highest BCUT2D eigenvalue weighted by Gasteiger charge is 2.61. The molecule has 1 unspecified atom stereocenters. The van der Waals surface area contributed by atoms with Gasteiger partial charge in [-0.1, -0.05) is 62.4 Å². The second-order valence-electron chi connectivity index (χ2n) is 11.9. The van der Waals surface area contributed by atoms with Crippen LogP contribution in [0.25, 0.3) is 22.2 Å². The van der Waals surface area contributed by atoms with Crippen molar-refractivity contribution in [2.75, 3.05) is 6.54 Å².